The van der Waals surface area contributed by atoms with Gasteiger partial charge in [-0.2, -0.15) is 0 Å². The number of aromatic nitrogens is 1. The first-order chi connectivity index (χ1) is 10.3. The summed E-state index contributed by atoms with van der Waals surface area (Å²) in [5.74, 6) is 0.849. The lowest BCUT2D eigenvalue weighted by Crippen LogP contribution is -2.28. The molecule has 0 bridgehead atoms. The predicted molar refractivity (Wildman–Crippen MR) is 94.1 cm³/mol. The lowest BCUT2D eigenvalue weighted by molar-refractivity contribution is -0.116. The molecule has 0 atom stereocenters. The van der Waals surface area contributed by atoms with E-state index in [-0.39, 0.29) is 18.3 Å². The lowest BCUT2D eigenvalue weighted by Gasteiger charge is -2.21. The van der Waals surface area contributed by atoms with E-state index in [9.17, 15) is 4.79 Å². The Hall–Kier alpha value is -0.650. The molecule has 1 aromatic rings. The van der Waals surface area contributed by atoms with Crippen molar-refractivity contribution < 1.29 is 4.79 Å². The Balaban J connectivity index is 0.00000176. The fourth-order valence-corrected chi connectivity index (χ4v) is 4.34. The van der Waals surface area contributed by atoms with Gasteiger partial charge in [0.2, 0.25) is 5.91 Å². The number of anilines is 1. The Morgan fingerprint density at radius 1 is 1.23 bits per heavy atom. The molecule has 1 amide bonds. The van der Waals surface area contributed by atoms with Gasteiger partial charge in [-0.3, -0.25) is 4.79 Å². The molecule has 0 unspecified atom stereocenters. The van der Waals surface area contributed by atoms with Crippen LogP contribution in [0.15, 0.2) is 0 Å². The number of carbonyl (C=O) groups excluding carboxylic acids is 1. The van der Waals surface area contributed by atoms with Crippen LogP contribution in [0.5, 0.6) is 0 Å². The van der Waals surface area contributed by atoms with Crippen molar-refractivity contribution in [2.75, 3.05) is 18.4 Å². The van der Waals surface area contributed by atoms with Gasteiger partial charge in [0.1, 0.15) is 0 Å². The summed E-state index contributed by atoms with van der Waals surface area (Å²) in [5, 5.41) is 7.19. The van der Waals surface area contributed by atoms with Crippen molar-refractivity contribution in [2.24, 2.45) is 5.92 Å². The summed E-state index contributed by atoms with van der Waals surface area (Å²) in [4.78, 5) is 18.1. The molecule has 1 aliphatic heterocycles. The van der Waals surface area contributed by atoms with Crippen molar-refractivity contribution in [3.05, 3.63) is 10.6 Å². The molecular formula is C16H26ClN3OS. The zero-order chi connectivity index (χ0) is 14.5. The lowest BCUT2D eigenvalue weighted by atomic mass is 9.93. The number of fused-ring (bicyclic) bond motifs is 1. The number of nitrogens with zero attached hydrogens (tertiary/aromatic N) is 1. The smallest absolute Gasteiger partial charge is 0.226 e. The first-order valence-corrected chi connectivity index (χ1v) is 9.12. The van der Waals surface area contributed by atoms with Crippen LogP contribution in [-0.2, 0) is 17.6 Å². The summed E-state index contributed by atoms with van der Waals surface area (Å²) >= 11 is 1.69. The van der Waals surface area contributed by atoms with Crippen molar-refractivity contribution in [2.45, 2.75) is 57.8 Å². The van der Waals surface area contributed by atoms with E-state index in [0.717, 1.165) is 37.5 Å². The molecule has 2 N–H and O–H groups in total. The standard InChI is InChI=1S/C16H25N3OS.ClH/c20-15(7-6-12-8-10-17-11-9-12)19-16-18-13-4-2-1-3-5-14(13)21-16;/h12,17H,1-11H2,(H,18,19,20);1H. The topological polar surface area (TPSA) is 54.0 Å². The van der Waals surface area contributed by atoms with Crippen LogP contribution in [0.3, 0.4) is 0 Å². The highest BCUT2D eigenvalue weighted by Gasteiger charge is 2.17. The van der Waals surface area contributed by atoms with Crippen LogP contribution in [0, 0.1) is 5.92 Å². The summed E-state index contributed by atoms with van der Waals surface area (Å²) in [6.07, 6.45) is 10.1. The molecule has 4 nitrogen and oxygen atoms in total. The van der Waals surface area contributed by atoms with Crippen molar-refractivity contribution in [3.8, 4) is 0 Å². The van der Waals surface area contributed by atoms with Gasteiger partial charge in [0.25, 0.3) is 0 Å². The van der Waals surface area contributed by atoms with E-state index in [1.807, 2.05) is 0 Å². The molecule has 3 rings (SSSR count). The Morgan fingerprint density at radius 2 is 2.00 bits per heavy atom. The second kappa shape index (κ2) is 8.85. The molecule has 1 saturated heterocycles. The normalized spacial score (nSPS) is 18.9. The van der Waals surface area contributed by atoms with Crippen LogP contribution in [0.4, 0.5) is 5.13 Å². The predicted octanol–water partition coefficient (Wildman–Crippen LogP) is 3.55. The van der Waals surface area contributed by atoms with Gasteiger partial charge in [0.05, 0.1) is 5.69 Å². The van der Waals surface area contributed by atoms with Crippen LogP contribution in [0.25, 0.3) is 0 Å². The van der Waals surface area contributed by atoms with E-state index in [2.05, 4.69) is 15.6 Å². The maximum atomic E-state index is 12.1. The van der Waals surface area contributed by atoms with Gasteiger partial charge in [-0.1, -0.05) is 6.42 Å². The van der Waals surface area contributed by atoms with Crippen LogP contribution in [0.1, 0.15) is 55.5 Å². The van der Waals surface area contributed by atoms with Gasteiger partial charge in [-0.25, -0.2) is 4.98 Å². The highest BCUT2D eigenvalue weighted by Crippen LogP contribution is 2.29. The SMILES string of the molecule is Cl.O=C(CCC1CCNCC1)Nc1nc2c(s1)CCCCC2. The average molecular weight is 344 g/mol. The molecule has 6 heteroatoms. The zero-order valence-electron chi connectivity index (χ0n) is 13.0. The molecule has 0 radical (unpaired) electrons. The van der Waals surface area contributed by atoms with Crippen molar-refractivity contribution in [1.29, 1.82) is 0 Å². The van der Waals surface area contributed by atoms with Crippen LogP contribution in [-0.4, -0.2) is 24.0 Å². The fraction of sp³-hybridized carbons (Fsp3) is 0.750. The largest absolute Gasteiger partial charge is 0.317 e. The van der Waals surface area contributed by atoms with Crippen molar-refractivity contribution in [3.63, 3.8) is 0 Å². The van der Waals surface area contributed by atoms with E-state index in [0.29, 0.717) is 12.3 Å². The number of rotatable bonds is 4. The van der Waals surface area contributed by atoms with E-state index >= 15 is 0 Å². The Bertz CT molecular complexity index is 462. The number of hydrogen-bond acceptors (Lipinski definition) is 4. The summed E-state index contributed by atoms with van der Waals surface area (Å²) in [5.41, 5.74) is 1.23. The summed E-state index contributed by atoms with van der Waals surface area (Å²) in [6, 6.07) is 0. The number of carbonyl (C=O) groups is 1. The first kappa shape index (κ1) is 17.7. The Morgan fingerprint density at radius 3 is 2.82 bits per heavy atom. The highest BCUT2D eigenvalue weighted by molar-refractivity contribution is 7.15. The minimum absolute atomic E-state index is 0. The molecule has 0 saturated carbocycles. The van der Waals surface area contributed by atoms with Crippen LogP contribution >= 0.6 is 23.7 Å². The monoisotopic (exact) mass is 343 g/mol. The maximum Gasteiger partial charge on any atom is 0.226 e. The molecular weight excluding hydrogens is 318 g/mol. The van der Waals surface area contributed by atoms with Crippen molar-refractivity contribution in [1.82, 2.24) is 10.3 Å². The third-order valence-corrected chi connectivity index (χ3v) is 5.65. The molecule has 1 aromatic heterocycles. The Kier molecular flexibility index (Phi) is 7.12. The fourth-order valence-electron chi connectivity index (χ4n) is 3.27. The molecule has 22 heavy (non-hydrogen) atoms. The van der Waals surface area contributed by atoms with Gasteiger partial charge in [-0.15, -0.1) is 23.7 Å². The summed E-state index contributed by atoms with van der Waals surface area (Å²) in [6.45, 7) is 2.21. The highest BCUT2D eigenvalue weighted by atomic mass is 35.5. The summed E-state index contributed by atoms with van der Waals surface area (Å²) in [7, 11) is 0. The molecule has 124 valence electrons. The first-order valence-electron chi connectivity index (χ1n) is 8.30. The number of hydrogen-bond donors (Lipinski definition) is 2. The third-order valence-electron chi connectivity index (χ3n) is 4.58. The minimum Gasteiger partial charge on any atom is -0.317 e. The minimum atomic E-state index is 0. The van der Waals surface area contributed by atoms with E-state index in [4.69, 9.17) is 0 Å². The van der Waals surface area contributed by atoms with Gasteiger partial charge in [-0.05, 0) is 64.0 Å². The van der Waals surface area contributed by atoms with Gasteiger partial charge in [0.15, 0.2) is 5.13 Å². The molecule has 0 aromatic carbocycles. The average Bonchev–Trinajstić information content (AvgIpc) is 2.75. The van der Waals surface area contributed by atoms with Crippen LogP contribution in [0.2, 0.25) is 0 Å². The number of halogens is 1. The quantitative estimate of drug-likeness (QED) is 0.822. The second-order valence-corrected chi connectivity index (χ2v) is 7.31. The molecule has 1 fully saturated rings. The van der Waals surface area contributed by atoms with E-state index in [1.54, 1.807) is 11.3 Å². The molecule has 0 spiro atoms. The number of piperidine rings is 1. The number of thiazole rings is 1. The molecule has 2 aliphatic rings. The Labute approximate surface area is 142 Å². The van der Waals surface area contributed by atoms with E-state index in [1.165, 1.54) is 42.7 Å². The molecule has 2 heterocycles. The zero-order valence-corrected chi connectivity index (χ0v) is 14.7. The summed E-state index contributed by atoms with van der Waals surface area (Å²) < 4.78 is 0. The van der Waals surface area contributed by atoms with Crippen LogP contribution < -0.4 is 10.6 Å². The van der Waals surface area contributed by atoms with Crippen molar-refractivity contribution >= 4 is 34.8 Å². The number of nitrogens with one attached hydrogen (secondary N) is 2. The van der Waals surface area contributed by atoms with Gasteiger partial charge < -0.3 is 10.6 Å². The van der Waals surface area contributed by atoms with Gasteiger partial charge >= 0.3 is 0 Å². The number of aryl methyl sites for hydroxylation is 2. The number of amides is 1. The second-order valence-electron chi connectivity index (χ2n) is 6.23. The van der Waals surface area contributed by atoms with Gasteiger partial charge in [0, 0.05) is 11.3 Å². The van der Waals surface area contributed by atoms with E-state index < -0.39 is 0 Å². The maximum absolute atomic E-state index is 12.1. The third kappa shape index (κ3) is 4.93. The molecule has 1 aliphatic carbocycles.